The van der Waals surface area contributed by atoms with Gasteiger partial charge in [0.15, 0.2) is 5.82 Å². The highest BCUT2D eigenvalue weighted by molar-refractivity contribution is 7.11. The lowest BCUT2D eigenvalue weighted by molar-refractivity contribution is 0.976. The predicted molar refractivity (Wildman–Crippen MR) is 92.7 cm³/mol. The van der Waals surface area contributed by atoms with E-state index >= 15 is 0 Å². The third kappa shape index (κ3) is 3.09. The smallest absolute Gasteiger partial charge is 0.151 e. The quantitative estimate of drug-likeness (QED) is 0.753. The van der Waals surface area contributed by atoms with E-state index in [9.17, 15) is 0 Å². The SMILES string of the molecule is CN(C)c1ncccc1NC(c1cccs1)c1cccs1. The van der Waals surface area contributed by atoms with Crippen LogP contribution in [0.5, 0.6) is 0 Å². The second kappa shape index (κ2) is 6.28. The Hall–Kier alpha value is -1.85. The lowest BCUT2D eigenvalue weighted by Crippen LogP contribution is -2.16. The molecule has 0 bridgehead atoms. The molecular formula is C16H17N3S2. The number of nitrogens with zero attached hydrogens (tertiary/aromatic N) is 2. The summed E-state index contributed by atoms with van der Waals surface area (Å²) in [5.41, 5.74) is 1.05. The molecule has 0 atom stereocenters. The summed E-state index contributed by atoms with van der Waals surface area (Å²) in [7, 11) is 4.03. The van der Waals surface area contributed by atoms with Crippen LogP contribution in [0.25, 0.3) is 0 Å². The summed E-state index contributed by atoms with van der Waals surface area (Å²) in [6, 6.07) is 12.8. The fourth-order valence-electron chi connectivity index (χ4n) is 2.22. The number of thiophene rings is 2. The van der Waals surface area contributed by atoms with Gasteiger partial charge in [0.05, 0.1) is 11.7 Å². The largest absolute Gasteiger partial charge is 0.370 e. The highest BCUT2D eigenvalue weighted by atomic mass is 32.1. The Morgan fingerprint density at radius 3 is 2.19 bits per heavy atom. The van der Waals surface area contributed by atoms with Crippen molar-refractivity contribution in [1.29, 1.82) is 0 Å². The molecule has 0 amide bonds. The molecule has 0 aliphatic heterocycles. The van der Waals surface area contributed by atoms with Gasteiger partial charge in [0.25, 0.3) is 0 Å². The predicted octanol–water partition coefficient (Wildman–Crippen LogP) is 4.47. The van der Waals surface area contributed by atoms with E-state index in [2.05, 4.69) is 51.4 Å². The molecule has 0 saturated carbocycles. The van der Waals surface area contributed by atoms with Crippen molar-refractivity contribution in [2.45, 2.75) is 6.04 Å². The van der Waals surface area contributed by atoms with Gasteiger partial charge in [-0.1, -0.05) is 12.1 Å². The Morgan fingerprint density at radius 2 is 1.67 bits per heavy atom. The van der Waals surface area contributed by atoms with Crippen molar-refractivity contribution in [3.8, 4) is 0 Å². The summed E-state index contributed by atoms with van der Waals surface area (Å²) in [6.45, 7) is 0. The van der Waals surface area contributed by atoms with Gasteiger partial charge in [-0.3, -0.25) is 0 Å². The lowest BCUT2D eigenvalue weighted by Gasteiger charge is -2.22. The van der Waals surface area contributed by atoms with E-state index in [0.29, 0.717) is 0 Å². The molecular weight excluding hydrogens is 298 g/mol. The summed E-state index contributed by atoms with van der Waals surface area (Å²) >= 11 is 3.55. The lowest BCUT2D eigenvalue weighted by atomic mass is 10.2. The maximum atomic E-state index is 4.46. The highest BCUT2D eigenvalue weighted by Gasteiger charge is 2.18. The highest BCUT2D eigenvalue weighted by Crippen LogP contribution is 2.34. The molecule has 3 aromatic heterocycles. The Bertz CT molecular complexity index is 641. The van der Waals surface area contributed by atoms with Crippen molar-refractivity contribution in [1.82, 2.24) is 4.98 Å². The minimum atomic E-state index is 0.174. The van der Waals surface area contributed by atoms with Gasteiger partial charge in [-0.2, -0.15) is 0 Å². The molecule has 5 heteroatoms. The molecule has 0 fully saturated rings. The van der Waals surface area contributed by atoms with Gasteiger partial charge in [-0.15, -0.1) is 22.7 Å². The van der Waals surface area contributed by atoms with Crippen molar-refractivity contribution >= 4 is 34.2 Å². The van der Waals surface area contributed by atoms with E-state index in [-0.39, 0.29) is 6.04 Å². The van der Waals surface area contributed by atoms with Gasteiger partial charge in [0.1, 0.15) is 0 Å². The number of hydrogen-bond donors (Lipinski definition) is 1. The van der Waals surface area contributed by atoms with Crippen LogP contribution in [-0.4, -0.2) is 19.1 Å². The molecule has 0 spiro atoms. The summed E-state index contributed by atoms with van der Waals surface area (Å²) in [6.07, 6.45) is 1.83. The number of anilines is 2. The van der Waals surface area contributed by atoms with Gasteiger partial charge < -0.3 is 10.2 Å². The first-order valence-corrected chi connectivity index (χ1v) is 8.47. The van der Waals surface area contributed by atoms with Gasteiger partial charge in [-0.25, -0.2) is 4.98 Å². The van der Waals surface area contributed by atoms with Crippen LogP contribution >= 0.6 is 22.7 Å². The monoisotopic (exact) mass is 315 g/mol. The first-order chi connectivity index (χ1) is 10.3. The molecule has 0 aliphatic rings. The van der Waals surface area contributed by atoms with Crippen LogP contribution in [0.1, 0.15) is 15.8 Å². The van der Waals surface area contributed by atoms with E-state index in [1.54, 1.807) is 22.7 Å². The Kier molecular flexibility index (Phi) is 4.22. The van der Waals surface area contributed by atoms with Gasteiger partial charge >= 0.3 is 0 Å². The fraction of sp³-hybridized carbons (Fsp3) is 0.188. The third-order valence-corrected chi connectivity index (χ3v) is 5.04. The normalized spacial score (nSPS) is 10.8. The summed E-state index contributed by atoms with van der Waals surface area (Å²) in [5, 5.41) is 7.89. The molecule has 21 heavy (non-hydrogen) atoms. The van der Waals surface area contributed by atoms with Crippen LogP contribution in [0, 0.1) is 0 Å². The average Bonchev–Trinajstić information content (AvgIpc) is 3.18. The van der Waals surface area contributed by atoms with Crippen LogP contribution in [-0.2, 0) is 0 Å². The molecule has 0 unspecified atom stereocenters. The maximum absolute atomic E-state index is 4.46. The molecule has 0 aliphatic carbocycles. The molecule has 1 N–H and O–H groups in total. The number of aromatic nitrogens is 1. The Balaban J connectivity index is 1.96. The zero-order valence-electron chi connectivity index (χ0n) is 12.0. The second-order valence-corrected chi connectivity index (χ2v) is 6.84. The molecule has 3 nitrogen and oxygen atoms in total. The Morgan fingerprint density at radius 1 is 1.00 bits per heavy atom. The fourth-order valence-corrected chi connectivity index (χ4v) is 3.88. The molecule has 108 valence electrons. The standard InChI is InChI=1S/C16H17N3S2/c1-19(2)16-12(6-3-9-17-16)18-15(13-7-4-10-20-13)14-8-5-11-21-14/h3-11,15,18H,1-2H3. The molecule has 3 aromatic rings. The van der Waals surface area contributed by atoms with E-state index in [0.717, 1.165) is 11.5 Å². The summed E-state index contributed by atoms with van der Waals surface area (Å²) in [5.74, 6) is 0.954. The van der Waals surface area contributed by atoms with E-state index in [1.807, 2.05) is 31.3 Å². The molecule has 0 aromatic carbocycles. The molecule has 0 saturated heterocycles. The minimum Gasteiger partial charge on any atom is -0.370 e. The summed E-state index contributed by atoms with van der Waals surface area (Å²) in [4.78, 5) is 9.12. The number of nitrogens with one attached hydrogen (secondary N) is 1. The number of hydrogen-bond acceptors (Lipinski definition) is 5. The van der Waals surface area contributed by atoms with Crippen molar-refractivity contribution < 1.29 is 0 Å². The number of rotatable bonds is 5. The van der Waals surface area contributed by atoms with Crippen LogP contribution in [0.2, 0.25) is 0 Å². The zero-order chi connectivity index (χ0) is 14.7. The van der Waals surface area contributed by atoms with E-state index in [4.69, 9.17) is 0 Å². The van der Waals surface area contributed by atoms with Crippen molar-refractivity contribution in [3.63, 3.8) is 0 Å². The first-order valence-electron chi connectivity index (χ1n) is 6.71. The van der Waals surface area contributed by atoms with Gasteiger partial charge in [0.2, 0.25) is 0 Å². The van der Waals surface area contributed by atoms with Crippen LogP contribution in [0.15, 0.2) is 53.4 Å². The van der Waals surface area contributed by atoms with Crippen LogP contribution in [0.3, 0.4) is 0 Å². The zero-order valence-corrected chi connectivity index (χ0v) is 13.6. The second-order valence-electron chi connectivity index (χ2n) is 4.88. The molecule has 3 heterocycles. The van der Waals surface area contributed by atoms with Gasteiger partial charge in [-0.05, 0) is 35.0 Å². The van der Waals surface area contributed by atoms with Crippen LogP contribution in [0.4, 0.5) is 11.5 Å². The number of pyridine rings is 1. The average molecular weight is 315 g/mol. The minimum absolute atomic E-state index is 0.174. The van der Waals surface area contributed by atoms with Crippen molar-refractivity contribution in [2.24, 2.45) is 0 Å². The molecule has 0 radical (unpaired) electrons. The van der Waals surface area contributed by atoms with Crippen molar-refractivity contribution in [3.05, 3.63) is 63.1 Å². The van der Waals surface area contributed by atoms with E-state index in [1.165, 1.54) is 9.75 Å². The topological polar surface area (TPSA) is 28.2 Å². The maximum Gasteiger partial charge on any atom is 0.151 e. The summed E-state index contributed by atoms with van der Waals surface area (Å²) < 4.78 is 0. The van der Waals surface area contributed by atoms with Crippen molar-refractivity contribution in [2.75, 3.05) is 24.3 Å². The first kappa shape index (κ1) is 14.1. The van der Waals surface area contributed by atoms with Gasteiger partial charge in [0, 0.05) is 30.0 Å². The Labute approximate surface area is 132 Å². The van der Waals surface area contributed by atoms with Crippen LogP contribution < -0.4 is 10.2 Å². The molecule has 3 rings (SSSR count). The van der Waals surface area contributed by atoms with E-state index < -0.39 is 0 Å². The third-order valence-electron chi connectivity index (χ3n) is 3.17.